The maximum atomic E-state index is 13.0. The molecule has 3 fully saturated rings. The molecule has 156 valence electrons. The fourth-order valence-corrected chi connectivity index (χ4v) is 4.68. The van der Waals surface area contributed by atoms with Gasteiger partial charge < -0.3 is 14.5 Å². The van der Waals surface area contributed by atoms with E-state index in [-0.39, 0.29) is 23.8 Å². The molecule has 29 heavy (non-hydrogen) atoms. The highest BCUT2D eigenvalue weighted by Gasteiger charge is 2.54. The molecule has 1 N–H and O–H groups in total. The van der Waals surface area contributed by atoms with Crippen molar-refractivity contribution in [3.8, 4) is 0 Å². The van der Waals surface area contributed by atoms with E-state index in [2.05, 4.69) is 5.32 Å². The van der Waals surface area contributed by atoms with Crippen molar-refractivity contribution in [2.24, 2.45) is 5.92 Å². The van der Waals surface area contributed by atoms with Crippen LogP contribution in [0.5, 0.6) is 0 Å². The summed E-state index contributed by atoms with van der Waals surface area (Å²) in [6.45, 7) is 7.07. The molecule has 7 nitrogen and oxygen atoms in total. The molecule has 3 heterocycles. The van der Waals surface area contributed by atoms with E-state index in [1.165, 1.54) is 5.56 Å². The van der Waals surface area contributed by atoms with Crippen LogP contribution in [0.25, 0.3) is 0 Å². The van der Waals surface area contributed by atoms with Crippen LogP contribution in [0.2, 0.25) is 0 Å². The third-order valence-electron chi connectivity index (χ3n) is 6.39. The minimum Gasteiger partial charge on any atom is -0.381 e. The topological polar surface area (TPSA) is 79.0 Å². The van der Waals surface area contributed by atoms with E-state index in [0.29, 0.717) is 44.0 Å². The number of rotatable bonds is 4. The molecule has 3 aliphatic heterocycles. The quantitative estimate of drug-likeness (QED) is 0.789. The lowest BCUT2D eigenvalue weighted by atomic mass is 9.85. The molecule has 0 saturated carbocycles. The molecule has 0 bridgehead atoms. The van der Waals surface area contributed by atoms with Crippen molar-refractivity contribution in [2.75, 3.05) is 32.8 Å². The van der Waals surface area contributed by atoms with Crippen molar-refractivity contribution in [1.29, 1.82) is 0 Å². The summed E-state index contributed by atoms with van der Waals surface area (Å²) in [5, 5.41) is 2.48. The molecule has 4 amide bonds. The highest BCUT2D eigenvalue weighted by atomic mass is 16.5. The standard InChI is InChI=1S/C22H29N3O4/c1-15(2)13-25-21(28)23-20(27)22(25)8-10-24(11-9-22)19(26)17-5-3-16(4-6-17)18-7-12-29-14-18/h3-6,15,18H,7-14H2,1-2H3,(H,23,27,28). The van der Waals surface area contributed by atoms with Gasteiger partial charge in [-0.3, -0.25) is 14.9 Å². The molecular formula is C22H29N3O4. The molecule has 4 rings (SSSR count). The summed E-state index contributed by atoms with van der Waals surface area (Å²) < 4.78 is 5.44. The predicted molar refractivity (Wildman–Crippen MR) is 108 cm³/mol. The van der Waals surface area contributed by atoms with Crippen LogP contribution >= 0.6 is 0 Å². The Kier molecular flexibility index (Phi) is 5.34. The summed E-state index contributed by atoms with van der Waals surface area (Å²) in [5.74, 6) is 0.443. The van der Waals surface area contributed by atoms with Crippen LogP contribution < -0.4 is 5.32 Å². The third kappa shape index (κ3) is 3.64. The van der Waals surface area contributed by atoms with E-state index in [4.69, 9.17) is 4.74 Å². The lowest BCUT2D eigenvalue weighted by Crippen LogP contribution is -2.58. The molecule has 1 unspecified atom stereocenters. The smallest absolute Gasteiger partial charge is 0.325 e. The number of amides is 4. The Hall–Kier alpha value is -2.41. The molecule has 7 heteroatoms. The maximum absolute atomic E-state index is 13.0. The van der Waals surface area contributed by atoms with Gasteiger partial charge in [0, 0.05) is 37.7 Å². The number of carbonyl (C=O) groups excluding carboxylic acids is 3. The van der Waals surface area contributed by atoms with Gasteiger partial charge in [-0.05, 0) is 42.9 Å². The fraction of sp³-hybridized carbons (Fsp3) is 0.591. The van der Waals surface area contributed by atoms with Crippen molar-refractivity contribution in [3.63, 3.8) is 0 Å². The first-order valence-corrected chi connectivity index (χ1v) is 10.5. The van der Waals surface area contributed by atoms with Gasteiger partial charge >= 0.3 is 6.03 Å². The largest absolute Gasteiger partial charge is 0.381 e. The van der Waals surface area contributed by atoms with Gasteiger partial charge in [-0.25, -0.2) is 4.79 Å². The molecule has 0 radical (unpaired) electrons. The second kappa shape index (κ2) is 7.78. The van der Waals surface area contributed by atoms with Gasteiger partial charge in [0.1, 0.15) is 5.54 Å². The molecule has 0 aromatic heterocycles. The number of ether oxygens (including phenoxy) is 1. The summed E-state index contributed by atoms with van der Waals surface area (Å²) in [6.07, 6.45) is 1.97. The number of hydrogen-bond acceptors (Lipinski definition) is 4. The monoisotopic (exact) mass is 399 g/mol. The number of piperidine rings is 1. The number of nitrogens with zero attached hydrogens (tertiary/aromatic N) is 2. The molecule has 3 aliphatic rings. The maximum Gasteiger partial charge on any atom is 0.325 e. The molecular weight excluding hydrogens is 370 g/mol. The summed E-state index contributed by atoms with van der Waals surface area (Å²) in [4.78, 5) is 41.3. The van der Waals surface area contributed by atoms with E-state index in [0.717, 1.165) is 19.6 Å². The number of likely N-dealkylation sites (tertiary alicyclic amines) is 1. The van der Waals surface area contributed by atoms with Crippen LogP contribution in [0, 0.1) is 5.92 Å². The summed E-state index contributed by atoms with van der Waals surface area (Å²) in [5.41, 5.74) is 1.06. The van der Waals surface area contributed by atoms with Gasteiger partial charge in [0.15, 0.2) is 0 Å². The SMILES string of the molecule is CC(C)CN1C(=O)NC(=O)C12CCN(C(=O)c1ccc(C3CCOC3)cc1)CC2. The molecule has 1 atom stereocenters. The summed E-state index contributed by atoms with van der Waals surface area (Å²) in [6, 6.07) is 7.50. The number of imide groups is 1. The average molecular weight is 399 g/mol. The van der Waals surface area contributed by atoms with Gasteiger partial charge in [-0.15, -0.1) is 0 Å². The first-order chi connectivity index (χ1) is 13.9. The number of urea groups is 1. The van der Waals surface area contributed by atoms with Crippen LogP contribution in [0.15, 0.2) is 24.3 Å². The lowest BCUT2D eigenvalue weighted by Gasteiger charge is -2.42. The Morgan fingerprint density at radius 2 is 1.90 bits per heavy atom. The van der Waals surface area contributed by atoms with Gasteiger partial charge in [0.05, 0.1) is 6.61 Å². The van der Waals surface area contributed by atoms with Gasteiger partial charge in [0.2, 0.25) is 0 Å². The van der Waals surface area contributed by atoms with Crippen LogP contribution in [0.4, 0.5) is 4.79 Å². The minimum absolute atomic E-state index is 0.0192. The second-order valence-corrected chi connectivity index (χ2v) is 8.77. The van der Waals surface area contributed by atoms with Crippen molar-refractivity contribution in [1.82, 2.24) is 15.1 Å². The number of carbonyl (C=O) groups is 3. The average Bonchev–Trinajstić information content (AvgIpc) is 3.32. The number of benzene rings is 1. The third-order valence-corrected chi connectivity index (χ3v) is 6.39. The van der Waals surface area contributed by atoms with Gasteiger partial charge in [0.25, 0.3) is 11.8 Å². The Morgan fingerprint density at radius 1 is 1.21 bits per heavy atom. The highest BCUT2D eigenvalue weighted by Crippen LogP contribution is 2.34. The molecule has 1 aromatic rings. The van der Waals surface area contributed by atoms with Crippen LogP contribution in [0.1, 0.15) is 54.9 Å². The minimum atomic E-state index is -0.815. The van der Waals surface area contributed by atoms with Crippen molar-refractivity contribution in [3.05, 3.63) is 35.4 Å². The zero-order chi connectivity index (χ0) is 20.6. The number of hydrogen-bond donors (Lipinski definition) is 1. The molecule has 1 aromatic carbocycles. The van der Waals surface area contributed by atoms with Crippen molar-refractivity contribution >= 4 is 17.8 Å². The van der Waals surface area contributed by atoms with Crippen molar-refractivity contribution < 1.29 is 19.1 Å². The van der Waals surface area contributed by atoms with Crippen LogP contribution in [-0.4, -0.2) is 66.0 Å². The van der Waals surface area contributed by atoms with Gasteiger partial charge in [-0.2, -0.15) is 0 Å². The predicted octanol–water partition coefficient (Wildman–Crippen LogP) is 2.37. The normalized spacial score (nSPS) is 23.9. The zero-order valence-corrected chi connectivity index (χ0v) is 17.1. The first kappa shape index (κ1) is 19.9. The second-order valence-electron chi connectivity index (χ2n) is 8.77. The number of nitrogens with one attached hydrogen (secondary N) is 1. The van der Waals surface area contributed by atoms with Crippen molar-refractivity contribution in [2.45, 2.75) is 44.6 Å². The molecule has 0 aliphatic carbocycles. The summed E-state index contributed by atoms with van der Waals surface area (Å²) in [7, 11) is 0. The Labute approximate surface area is 171 Å². The Bertz CT molecular complexity index is 791. The highest BCUT2D eigenvalue weighted by molar-refractivity contribution is 6.07. The molecule has 3 saturated heterocycles. The van der Waals surface area contributed by atoms with Crippen LogP contribution in [0.3, 0.4) is 0 Å². The van der Waals surface area contributed by atoms with E-state index >= 15 is 0 Å². The Morgan fingerprint density at radius 3 is 2.48 bits per heavy atom. The zero-order valence-electron chi connectivity index (χ0n) is 17.1. The van der Waals surface area contributed by atoms with Crippen LogP contribution in [-0.2, 0) is 9.53 Å². The van der Waals surface area contributed by atoms with E-state index in [9.17, 15) is 14.4 Å². The fourth-order valence-electron chi connectivity index (χ4n) is 4.68. The Balaban J connectivity index is 1.43. The summed E-state index contributed by atoms with van der Waals surface area (Å²) >= 11 is 0. The van der Waals surface area contributed by atoms with E-state index < -0.39 is 5.54 Å². The first-order valence-electron chi connectivity index (χ1n) is 10.5. The van der Waals surface area contributed by atoms with Gasteiger partial charge in [-0.1, -0.05) is 26.0 Å². The lowest BCUT2D eigenvalue weighted by molar-refractivity contribution is -0.129. The molecule has 1 spiro atoms. The van der Waals surface area contributed by atoms with E-state index in [1.807, 2.05) is 38.1 Å². The van der Waals surface area contributed by atoms with E-state index in [1.54, 1.807) is 9.80 Å².